The van der Waals surface area contributed by atoms with E-state index in [4.69, 9.17) is 0 Å². The zero-order chi connectivity index (χ0) is 13.8. The molecule has 20 heavy (non-hydrogen) atoms. The van der Waals surface area contributed by atoms with Crippen molar-refractivity contribution < 1.29 is 5.11 Å². The molecule has 1 heterocycles. The lowest BCUT2D eigenvalue weighted by Gasteiger charge is -2.00. The van der Waals surface area contributed by atoms with E-state index in [0.29, 0.717) is 5.75 Å². The van der Waals surface area contributed by atoms with Crippen LogP contribution in [0.1, 0.15) is 5.56 Å². The summed E-state index contributed by atoms with van der Waals surface area (Å²) in [6, 6.07) is 17.3. The lowest BCUT2D eigenvalue weighted by Crippen LogP contribution is -1.92. The second-order valence-electron chi connectivity index (χ2n) is 4.41. The van der Waals surface area contributed by atoms with Gasteiger partial charge in [0.15, 0.2) is 0 Å². The smallest absolute Gasteiger partial charge is 0.115 e. The summed E-state index contributed by atoms with van der Waals surface area (Å²) >= 11 is 1.73. The second kappa shape index (κ2) is 5.84. The van der Waals surface area contributed by atoms with Crippen molar-refractivity contribution in [3.05, 3.63) is 72.6 Å². The summed E-state index contributed by atoms with van der Waals surface area (Å²) in [4.78, 5) is 1.13. The van der Waals surface area contributed by atoms with Crippen LogP contribution in [0, 0.1) is 0 Å². The lowest BCUT2D eigenvalue weighted by atomic mass is 10.3. The Hall–Kier alpha value is -2.20. The van der Waals surface area contributed by atoms with Gasteiger partial charge in [-0.25, -0.2) is 4.68 Å². The zero-order valence-electron chi connectivity index (χ0n) is 10.8. The van der Waals surface area contributed by atoms with Gasteiger partial charge in [-0.1, -0.05) is 18.2 Å². The Morgan fingerprint density at radius 3 is 2.50 bits per heavy atom. The van der Waals surface area contributed by atoms with E-state index in [-0.39, 0.29) is 0 Å². The maximum Gasteiger partial charge on any atom is 0.115 e. The largest absolute Gasteiger partial charge is 0.508 e. The van der Waals surface area contributed by atoms with Crippen molar-refractivity contribution in [3.63, 3.8) is 0 Å². The maximum atomic E-state index is 9.25. The van der Waals surface area contributed by atoms with E-state index in [9.17, 15) is 5.11 Å². The molecule has 3 rings (SSSR count). The number of hydrogen-bond acceptors (Lipinski definition) is 3. The summed E-state index contributed by atoms with van der Waals surface area (Å²) in [6.45, 7) is 0. The van der Waals surface area contributed by atoms with Crippen molar-refractivity contribution >= 4 is 11.8 Å². The van der Waals surface area contributed by atoms with Gasteiger partial charge in [-0.15, -0.1) is 11.8 Å². The van der Waals surface area contributed by atoms with Gasteiger partial charge in [0.1, 0.15) is 5.75 Å². The summed E-state index contributed by atoms with van der Waals surface area (Å²) in [5, 5.41) is 13.6. The van der Waals surface area contributed by atoms with Crippen molar-refractivity contribution in [1.82, 2.24) is 9.78 Å². The molecule has 4 heteroatoms. The maximum absolute atomic E-state index is 9.25. The Labute approximate surface area is 121 Å². The van der Waals surface area contributed by atoms with Gasteiger partial charge >= 0.3 is 0 Å². The molecule has 0 aliphatic rings. The topological polar surface area (TPSA) is 38.1 Å². The molecule has 0 fully saturated rings. The van der Waals surface area contributed by atoms with Crippen LogP contribution in [0.4, 0.5) is 0 Å². The fraction of sp³-hybridized carbons (Fsp3) is 0.0625. The SMILES string of the molecule is Oc1ccc(SCc2cnn(-c3ccccc3)c2)cc1. The summed E-state index contributed by atoms with van der Waals surface area (Å²) in [5.41, 5.74) is 2.24. The first-order valence-corrected chi connectivity index (χ1v) is 7.30. The van der Waals surface area contributed by atoms with E-state index in [1.807, 2.05) is 59.5 Å². The molecule has 0 aliphatic heterocycles. The highest BCUT2D eigenvalue weighted by atomic mass is 32.2. The molecule has 0 unspecified atom stereocenters. The molecule has 1 aromatic heterocycles. The monoisotopic (exact) mass is 282 g/mol. The highest BCUT2D eigenvalue weighted by molar-refractivity contribution is 7.98. The number of aromatic nitrogens is 2. The number of phenols is 1. The molecule has 3 nitrogen and oxygen atoms in total. The third-order valence-electron chi connectivity index (χ3n) is 2.90. The molecular formula is C16H14N2OS. The number of benzene rings is 2. The van der Waals surface area contributed by atoms with Gasteiger partial charge in [-0.05, 0) is 36.4 Å². The van der Waals surface area contributed by atoms with Gasteiger partial charge in [0, 0.05) is 22.4 Å². The van der Waals surface area contributed by atoms with E-state index in [1.165, 1.54) is 5.56 Å². The van der Waals surface area contributed by atoms with Crippen LogP contribution in [0.3, 0.4) is 0 Å². The van der Waals surface area contributed by atoms with Crippen LogP contribution < -0.4 is 0 Å². The molecule has 100 valence electrons. The standard InChI is InChI=1S/C16H14N2OS/c19-15-6-8-16(9-7-15)20-12-13-10-17-18(11-13)14-4-2-1-3-5-14/h1-11,19H,12H2. The average Bonchev–Trinajstić information content (AvgIpc) is 2.97. The number of rotatable bonds is 4. The van der Waals surface area contributed by atoms with Crippen molar-refractivity contribution in [1.29, 1.82) is 0 Å². The second-order valence-corrected chi connectivity index (χ2v) is 5.46. The minimum Gasteiger partial charge on any atom is -0.508 e. The predicted molar refractivity (Wildman–Crippen MR) is 81.2 cm³/mol. The lowest BCUT2D eigenvalue weighted by molar-refractivity contribution is 0.475. The summed E-state index contributed by atoms with van der Waals surface area (Å²) < 4.78 is 1.88. The average molecular weight is 282 g/mol. The van der Waals surface area contributed by atoms with Gasteiger partial charge < -0.3 is 5.11 Å². The molecule has 0 saturated carbocycles. The van der Waals surface area contributed by atoms with Gasteiger partial charge in [0.2, 0.25) is 0 Å². The number of hydrogen-bond donors (Lipinski definition) is 1. The number of para-hydroxylation sites is 1. The molecule has 0 aliphatic carbocycles. The quantitative estimate of drug-likeness (QED) is 0.738. The van der Waals surface area contributed by atoms with Crippen LogP contribution in [0.5, 0.6) is 5.75 Å². The van der Waals surface area contributed by atoms with Gasteiger partial charge in [-0.3, -0.25) is 0 Å². The Morgan fingerprint density at radius 1 is 1.00 bits per heavy atom. The minimum absolute atomic E-state index is 0.297. The van der Waals surface area contributed by atoms with E-state index in [2.05, 4.69) is 5.10 Å². The zero-order valence-corrected chi connectivity index (χ0v) is 11.6. The van der Waals surface area contributed by atoms with Gasteiger partial charge in [-0.2, -0.15) is 5.10 Å². The van der Waals surface area contributed by atoms with Crippen LogP contribution in [-0.4, -0.2) is 14.9 Å². The van der Waals surface area contributed by atoms with Crippen molar-refractivity contribution in [2.45, 2.75) is 10.6 Å². The van der Waals surface area contributed by atoms with E-state index >= 15 is 0 Å². The molecule has 0 amide bonds. The summed E-state index contributed by atoms with van der Waals surface area (Å²) in [7, 11) is 0. The molecule has 0 atom stereocenters. The van der Waals surface area contributed by atoms with Crippen molar-refractivity contribution in [2.24, 2.45) is 0 Å². The van der Waals surface area contributed by atoms with Gasteiger partial charge in [0.25, 0.3) is 0 Å². The van der Waals surface area contributed by atoms with Crippen LogP contribution in [0.15, 0.2) is 71.9 Å². The van der Waals surface area contributed by atoms with Crippen LogP contribution in [-0.2, 0) is 5.75 Å². The fourth-order valence-corrected chi connectivity index (χ4v) is 2.68. The predicted octanol–water partition coefficient (Wildman–Crippen LogP) is 3.87. The molecule has 0 spiro atoms. The van der Waals surface area contributed by atoms with Crippen LogP contribution >= 0.6 is 11.8 Å². The molecule has 2 aromatic carbocycles. The summed E-state index contributed by atoms with van der Waals surface area (Å²) in [6.07, 6.45) is 3.93. The fourth-order valence-electron chi connectivity index (χ4n) is 1.87. The Balaban J connectivity index is 1.67. The molecular weight excluding hydrogens is 268 g/mol. The number of nitrogens with zero attached hydrogens (tertiary/aromatic N) is 2. The van der Waals surface area contributed by atoms with E-state index < -0.39 is 0 Å². The molecule has 0 bridgehead atoms. The first-order chi connectivity index (χ1) is 9.81. The number of phenolic OH excluding ortho intramolecular Hbond substituents is 1. The Kier molecular flexibility index (Phi) is 3.74. The first kappa shape index (κ1) is 12.8. The highest BCUT2D eigenvalue weighted by Crippen LogP contribution is 2.24. The minimum atomic E-state index is 0.297. The van der Waals surface area contributed by atoms with E-state index in [1.54, 1.807) is 23.9 Å². The normalized spacial score (nSPS) is 10.6. The first-order valence-electron chi connectivity index (χ1n) is 6.32. The van der Waals surface area contributed by atoms with Crippen molar-refractivity contribution in [3.8, 4) is 11.4 Å². The Morgan fingerprint density at radius 2 is 1.75 bits per heavy atom. The number of aromatic hydroxyl groups is 1. The third-order valence-corrected chi connectivity index (χ3v) is 3.98. The van der Waals surface area contributed by atoms with Crippen molar-refractivity contribution in [2.75, 3.05) is 0 Å². The molecule has 3 aromatic rings. The third kappa shape index (κ3) is 3.03. The van der Waals surface area contributed by atoms with E-state index in [0.717, 1.165) is 16.3 Å². The highest BCUT2D eigenvalue weighted by Gasteiger charge is 2.02. The van der Waals surface area contributed by atoms with Gasteiger partial charge in [0.05, 0.1) is 11.9 Å². The number of thioether (sulfide) groups is 1. The molecule has 1 N–H and O–H groups in total. The van der Waals surface area contributed by atoms with Crippen LogP contribution in [0.2, 0.25) is 0 Å². The Bertz CT molecular complexity index is 677. The molecule has 0 saturated heterocycles. The van der Waals surface area contributed by atoms with Crippen LogP contribution in [0.25, 0.3) is 5.69 Å². The summed E-state index contributed by atoms with van der Waals surface area (Å²) in [5.74, 6) is 1.16. The molecule has 0 radical (unpaired) electrons.